The van der Waals surface area contributed by atoms with Crippen molar-refractivity contribution in [2.75, 3.05) is 5.32 Å². The van der Waals surface area contributed by atoms with Crippen molar-refractivity contribution in [3.8, 4) is 16.8 Å². The molecule has 152 valence electrons. The number of carbonyl (C=O) groups is 1. The van der Waals surface area contributed by atoms with E-state index in [1.54, 1.807) is 23.5 Å². The van der Waals surface area contributed by atoms with Crippen LogP contribution in [-0.2, 0) is 17.6 Å². The van der Waals surface area contributed by atoms with Gasteiger partial charge in [0.15, 0.2) is 5.82 Å². The van der Waals surface area contributed by atoms with Crippen LogP contribution in [-0.4, -0.2) is 21.0 Å². The number of aromatic nitrogens is 2. The zero-order valence-corrected chi connectivity index (χ0v) is 17.7. The molecule has 0 aliphatic heterocycles. The van der Waals surface area contributed by atoms with Crippen LogP contribution in [0.4, 0.5) is 11.5 Å². The summed E-state index contributed by atoms with van der Waals surface area (Å²) in [6.45, 7) is 4.04. The zero-order valence-electron chi connectivity index (χ0n) is 16.8. The molecule has 0 spiro atoms. The second-order valence-corrected chi connectivity index (χ2v) is 7.79. The van der Waals surface area contributed by atoms with E-state index in [-0.39, 0.29) is 6.42 Å². The lowest BCUT2D eigenvalue weighted by atomic mass is 10.1. The minimum absolute atomic E-state index is 0.000772. The number of benzene rings is 1. The van der Waals surface area contributed by atoms with Gasteiger partial charge in [-0.15, -0.1) is 11.3 Å². The Bertz CT molecular complexity index is 1110. The van der Waals surface area contributed by atoms with Crippen molar-refractivity contribution in [2.24, 2.45) is 0 Å². The highest BCUT2D eigenvalue weighted by molar-refractivity contribution is 7.16. The summed E-state index contributed by atoms with van der Waals surface area (Å²) in [5.74, 6) is 0.554. The molecule has 2 N–H and O–H groups in total. The summed E-state index contributed by atoms with van der Waals surface area (Å²) in [5, 5.41) is 20.9. The van der Waals surface area contributed by atoms with E-state index >= 15 is 0 Å². The minimum atomic E-state index is -0.849. The fourth-order valence-corrected chi connectivity index (χ4v) is 3.91. The average Bonchev–Trinajstić information content (AvgIpc) is 3.18. The van der Waals surface area contributed by atoms with E-state index in [0.29, 0.717) is 12.2 Å². The first kappa shape index (κ1) is 21.2. The van der Waals surface area contributed by atoms with Crippen LogP contribution in [0.15, 0.2) is 42.5 Å². The van der Waals surface area contributed by atoms with Gasteiger partial charge in [-0.05, 0) is 49.2 Å². The molecular weight excluding hydrogens is 396 g/mol. The Hall–Kier alpha value is -3.50. The molecule has 30 heavy (non-hydrogen) atoms. The minimum Gasteiger partial charge on any atom is -0.481 e. The molecule has 0 unspecified atom stereocenters. The first-order valence-electron chi connectivity index (χ1n) is 9.59. The topological polar surface area (TPSA) is 98.9 Å². The molecular formula is C23H22N4O2S. The molecule has 1 aromatic carbocycles. The van der Waals surface area contributed by atoms with Crippen LogP contribution in [0.2, 0.25) is 0 Å². The van der Waals surface area contributed by atoms with Gasteiger partial charge in [0.25, 0.3) is 0 Å². The van der Waals surface area contributed by atoms with Crippen molar-refractivity contribution in [2.45, 2.75) is 33.1 Å². The molecule has 0 saturated heterocycles. The monoisotopic (exact) mass is 418 g/mol. The maximum Gasteiger partial charge on any atom is 0.307 e. The molecule has 0 radical (unpaired) electrons. The molecule has 0 amide bonds. The van der Waals surface area contributed by atoms with Crippen LogP contribution in [0.1, 0.15) is 35.0 Å². The van der Waals surface area contributed by atoms with Crippen molar-refractivity contribution >= 4 is 34.9 Å². The first-order valence-corrected chi connectivity index (χ1v) is 10.4. The third-order valence-corrected chi connectivity index (χ3v) is 5.52. The van der Waals surface area contributed by atoms with Crippen molar-refractivity contribution in [1.82, 2.24) is 9.97 Å². The number of nitrogens with zero attached hydrogens (tertiary/aromatic N) is 3. The van der Waals surface area contributed by atoms with E-state index in [2.05, 4.69) is 18.3 Å². The number of rotatable bonds is 8. The molecule has 0 saturated carbocycles. The number of thiophene rings is 1. The van der Waals surface area contributed by atoms with Crippen LogP contribution in [0.5, 0.6) is 0 Å². The number of allylic oxidation sites excluding steroid dienone is 1. The third-order valence-electron chi connectivity index (χ3n) is 4.48. The molecule has 2 aromatic heterocycles. The summed E-state index contributed by atoms with van der Waals surface area (Å²) in [4.78, 5) is 22.3. The van der Waals surface area contributed by atoms with E-state index in [4.69, 9.17) is 20.3 Å². The van der Waals surface area contributed by atoms with Crippen molar-refractivity contribution in [3.63, 3.8) is 0 Å². The Morgan fingerprint density at radius 2 is 2.00 bits per heavy atom. The summed E-state index contributed by atoms with van der Waals surface area (Å²) in [5.41, 5.74) is 3.55. The summed E-state index contributed by atoms with van der Waals surface area (Å²) < 4.78 is 0. The Morgan fingerprint density at radius 1 is 1.23 bits per heavy atom. The summed E-state index contributed by atoms with van der Waals surface area (Å²) in [7, 11) is 0. The van der Waals surface area contributed by atoms with Gasteiger partial charge in [0, 0.05) is 21.8 Å². The standard InChI is InChI=1S/C23H22N4O2S/c1-3-19-15(2)25-23(20-12-11-18(30-20)6-4-5-13-24)27-22(19)26-17-9-7-16(8-10-17)14-21(28)29/h4,6-12H,3,5,14H2,1-2H3,(H,28,29)(H,25,26,27)/b6-4+. The number of carboxylic acids is 1. The number of anilines is 2. The lowest BCUT2D eigenvalue weighted by Gasteiger charge is -2.14. The molecule has 6 nitrogen and oxygen atoms in total. The number of hydrogen-bond donors (Lipinski definition) is 2. The van der Waals surface area contributed by atoms with Crippen LogP contribution < -0.4 is 5.32 Å². The van der Waals surface area contributed by atoms with Crippen LogP contribution >= 0.6 is 11.3 Å². The predicted octanol–water partition coefficient (Wildman–Crippen LogP) is 5.37. The molecule has 0 atom stereocenters. The van der Waals surface area contributed by atoms with Crippen molar-refractivity contribution in [3.05, 3.63) is 64.2 Å². The Balaban J connectivity index is 1.88. The van der Waals surface area contributed by atoms with Gasteiger partial charge >= 0.3 is 5.97 Å². The van der Waals surface area contributed by atoms with Gasteiger partial charge < -0.3 is 10.4 Å². The lowest BCUT2D eigenvalue weighted by Crippen LogP contribution is -2.05. The second kappa shape index (κ2) is 9.81. The summed E-state index contributed by atoms with van der Waals surface area (Å²) in [6, 6.07) is 13.4. The van der Waals surface area contributed by atoms with E-state index < -0.39 is 5.97 Å². The Kier molecular flexibility index (Phi) is 6.94. The number of nitrogens with one attached hydrogen (secondary N) is 1. The molecule has 2 heterocycles. The summed E-state index contributed by atoms with van der Waals surface area (Å²) in [6.07, 6.45) is 4.94. The van der Waals surface area contributed by atoms with Crippen LogP contribution in [0.3, 0.4) is 0 Å². The number of carboxylic acid groups (broad SMARTS) is 1. The second-order valence-electron chi connectivity index (χ2n) is 6.67. The molecule has 0 bridgehead atoms. The quantitative estimate of drug-likeness (QED) is 0.510. The largest absolute Gasteiger partial charge is 0.481 e. The summed E-state index contributed by atoms with van der Waals surface area (Å²) >= 11 is 1.58. The van der Waals surface area contributed by atoms with E-state index in [1.165, 1.54) is 0 Å². The molecule has 0 aliphatic carbocycles. The predicted molar refractivity (Wildman–Crippen MR) is 120 cm³/mol. The van der Waals surface area contributed by atoms with Gasteiger partial charge in [-0.1, -0.05) is 25.1 Å². The first-order chi connectivity index (χ1) is 14.5. The van der Waals surface area contributed by atoms with Gasteiger partial charge in [-0.2, -0.15) is 5.26 Å². The SMILES string of the molecule is CCc1c(C)nc(-c2ccc(/C=C/CC#N)s2)nc1Nc1ccc(CC(=O)O)cc1. The van der Waals surface area contributed by atoms with Gasteiger partial charge in [0.05, 0.1) is 23.8 Å². The van der Waals surface area contributed by atoms with E-state index in [9.17, 15) is 4.79 Å². The van der Waals surface area contributed by atoms with Crippen LogP contribution in [0, 0.1) is 18.3 Å². The Labute approximate surface area is 179 Å². The molecule has 3 rings (SSSR count). The van der Waals surface area contributed by atoms with Crippen molar-refractivity contribution < 1.29 is 9.90 Å². The zero-order chi connectivity index (χ0) is 21.5. The number of aliphatic carboxylic acids is 1. The molecule has 0 aliphatic rings. The van der Waals surface area contributed by atoms with Gasteiger partial charge in [0.2, 0.25) is 0 Å². The fourth-order valence-electron chi connectivity index (χ4n) is 3.04. The molecule has 3 aromatic rings. The highest BCUT2D eigenvalue weighted by atomic mass is 32.1. The Morgan fingerprint density at radius 3 is 2.67 bits per heavy atom. The molecule has 7 heteroatoms. The van der Waals surface area contributed by atoms with Gasteiger partial charge in [-0.3, -0.25) is 4.79 Å². The maximum absolute atomic E-state index is 10.9. The van der Waals surface area contributed by atoms with Gasteiger partial charge in [-0.25, -0.2) is 9.97 Å². The highest BCUT2D eigenvalue weighted by Crippen LogP contribution is 2.30. The van der Waals surface area contributed by atoms with E-state index in [1.807, 2.05) is 43.3 Å². The third kappa shape index (κ3) is 5.31. The normalized spacial score (nSPS) is 10.8. The highest BCUT2D eigenvalue weighted by Gasteiger charge is 2.13. The van der Waals surface area contributed by atoms with Crippen molar-refractivity contribution in [1.29, 1.82) is 5.26 Å². The smallest absolute Gasteiger partial charge is 0.307 e. The number of aryl methyl sites for hydroxylation is 1. The fraction of sp³-hybridized carbons (Fsp3) is 0.217. The molecule has 0 fully saturated rings. The number of nitriles is 1. The maximum atomic E-state index is 10.9. The van der Waals surface area contributed by atoms with Crippen LogP contribution in [0.25, 0.3) is 16.8 Å². The number of hydrogen-bond acceptors (Lipinski definition) is 6. The van der Waals surface area contributed by atoms with Gasteiger partial charge in [0.1, 0.15) is 5.82 Å². The van der Waals surface area contributed by atoms with E-state index in [0.717, 1.165) is 44.5 Å². The lowest BCUT2D eigenvalue weighted by molar-refractivity contribution is -0.136. The average molecular weight is 419 g/mol.